The van der Waals surface area contributed by atoms with Crippen LogP contribution in [0.4, 0.5) is 16.6 Å². The van der Waals surface area contributed by atoms with E-state index in [-0.39, 0.29) is 5.91 Å². The maximum absolute atomic E-state index is 13.2. The molecule has 1 aliphatic heterocycles. The normalized spacial score (nSPS) is 17.0. The summed E-state index contributed by atoms with van der Waals surface area (Å²) in [6, 6.07) is 7.64. The quantitative estimate of drug-likeness (QED) is 0.497. The molecule has 32 heavy (non-hydrogen) atoms. The van der Waals surface area contributed by atoms with Gasteiger partial charge in [0.15, 0.2) is 5.88 Å². The van der Waals surface area contributed by atoms with Crippen molar-refractivity contribution >= 4 is 40.0 Å². The Morgan fingerprint density at radius 3 is 2.91 bits per heavy atom. The second-order valence-electron chi connectivity index (χ2n) is 8.69. The minimum Gasteiger partial charge on any atom is -0.440 e. The zero-order valence-corrected chi connectivity index (χ0v) is 19.2. The summed E-state index contributed by atoms with van der Waals surface area (Å²) in [5, 5.41) is 3.74. The number of amides is 1. The van der Waals surface area contributed by atoms with E-state index in [2.05, 4.69) is 22.1 Å². The molecule has 5 rings (SSSR count). The molecule has 1 aliphatic carbocycles. The molecule has 166 valence electrons. The van der Waals surface area contributed by atoms with Crippen LogP contribution in [-0.2, 0) is 12.8 Å². The highest BCUT2D eigenvalue weighted by Crippen LogP contribution is 2.40. The van der Waals surface area contributed by atoms with Gasteiger partial charge >= 0.3 is 0 Å². The van der Waals surface area contributed by atoms with Gasteiger partial charge in [-0.25, -0.2) is 4.99 Å². The van der Waals surface area contributed by atoms with Crippen molar-refractivity contribution in [3.05, 3.63) is 58.4 Å². The smallest absolute Gasteiger partial charge is 0.259 e. The SMILES string of the molecule is CC1CCN(c2ccc(C=Nc3sc4c(c3C(=O)Nc3cccnc3)CCCC4)o2)CC1. The van der Waals surface area contributed by atoms with Crippen molar-refractivity contribution in [2.24, 2.45) is 10.9 Å². The summed E-state index contributed by atoms with van der Waals surface area (Å²) in [7, 11) is 0. The van der Waals surface area contributed by atoms with Gasteiger partial charge in [0.2, 0.25) is 0 Å². The van der Waals surface area contributed by atoms with Gasteiger partial charge in [0.25, 0.3) is 5.91 Å². The topological polar surface area (TPSA) is 70.7 Å². The van der Waals surface area contributed by atoms with Gasteiger partial charge in [0.1, 0.15) is 10.8 Å². The van der Waals surface area contributed by atoms with Gasteiger partial charge in [-0.05, 0) is 68.2 Å². The lowest BCUT2D eigenvalue weighted by Gasteiger charge is -2.29. The Morgan fingerprint density at radius 2 is 2.09 bits per heavy atom. The van der Waals surface area contributed by atoms with Crippen molar-refractivity contribution in [1.82, 2.24) is 4.98 Å². The summed E-state index contributed by atoms with van der Waals surface area (Å²) in [6.45, 7) is 4.36. The minimum absolute atomic E-state index is 0.118. The molecular weight excluding hydrogens is 420 g/mol. The van der Waals surface area contributed by atoms with Gasteiger partial charge in [-0.15, -0.1) is 11.3 Å². The van der Waals surface area contributed by atoms with Crippen LogP contribution in [0.1, 0.15) is 59.2 Å². The van der Waals surface area contributed by atoms with Crippen molar-refractivity contribution < 1.29 is 9.21 Å². The average Bonchev–Trinajstić information content (AvgIpc) is 3.43. The average molecular weight is 449 g/mol. The van der Waals surface area contributed by atoms with E-state index in [4.69, 9.17) is 9.41 Å². The molecule has 4 heterocycles. The van der Waals surface area contributed by atoms with Crippen LogP contribution in [0.3, 0.4) is 0 Å². The predicted molar refractivity (Wildman–Crippen MR) is 130 cm³/mol. The Morgan fingerprint density at radius 1 is 1.25 bits per heavy atom. The molecule has 6 nitrogen and oxygen atoms in total. The van der Waals surface area contributed by atoms with Crippen LogP contribution in [0.15, 0.2) is 46.1 Å². The summed E-state index contributed by atoms with van der Waals surface area (Å²) < 4.78 is 6.05. The standard InChI is InChI=1S/C25H28N4O2S/c1-17-10-13-29(14-11-17)22-9-8-19(31-22)16-27-25-23(20-6-2-3-7-21(20)32-25)24(30)28-18-5-4-12-26-15-18/h4-5,8-9,12,15-17H,2-3,6-7,10-11,13-14H2,1H3,(H,28,30). The molecule has 1 N–H and O–H groups in total. The highest BCUT2D eigenvalue weighted by Gasteiger charge is 2.25. The summed E-state index contributed by atoms with van der Waals surface area (Å²) >= 11 is 1.63. The minimum atomic E-state index is -0.118. The molecule has 1 amide bonds. The molecule has 1 saturated heterocycles. The van der Waals surface area contributed by atoms with E-state index in [1.54, 1.807) is 29.9 Å². The van der Waals surface area contributed by atoms with Crippen LogP contribution in [-0.4, -0.2) is 30.2 Å². The number of pyridine rings is 1. The van der Waals surface area contributed by atoms with Gasteiger partial charge in [-0.3, -0.25) is 9.78 Å². The zero-order valence-electron chi connectivity index (χ0n) is 18.3. The molecule has 7 heteroatoms. The number of piperidine rings is 1. The van der Waals surface area contributed by atoms with Gasteiger partial charge in [-0.1, -0.05) is 6.92 Å². The van der Waals surface area contributed by atoms with Crippen molar-refractivity contribution in [2.45, 2.75) is 45.4 Å². The molecule has 0 atom stereocenters. The lowest BCUT2D eigenvalue weighted by Crippen LogP contribution is -2.32. The molecule has 3 aromatic rings. The first kappa shape index (κ1) is 20.9. The van der Waals surface area contributed by atoms with Crippen molar-refractivity contribution in [2.75, 3.05) is 23.3 Å². The summed E-state index contributed by atoms with van der Waals surface area (Å²) in [5.74, 6) is 2.28. The second kappa shape index (κ2) is 9.28. The highest BCUT2D eigenvalue weighted by atomic mass is 32.1. The number of rotatable bonds is 5. The highest BCUT2D eigenvalue weighted by molar-refractivity contribution is 7.16. The number of anilines is 2. The van der Waals surface area contributed by atoms with Crippen LogP contribution in [0.5, 0.6) is 0 Å². The van der Waals surface area contributed by atoms with E-state index in [9.17, 15) is 4.79 Å². The summed E-state index contributed by atoms with van der Waals surface area (Å²) in [4.78, 5) is 25.6. The van der Waals surface area contributed by atoms with Crippen molar-refractivity contribution in [1.29, 1.82) is 0 Å². The Hall–Kier alpha value is -2.93. The second-order valence-corrected chi connectivity index (χ2v) is 9.77. The van der Waals surface area contributed by atoms with Crippen LogP contribution in [0.2, 0.25) is 0 Å². The number of aromatic nitrogens is 1. The number of aliphatic imine (C=N–C) groups is 1. The number of hydrogen-bond donors (Lipinski definition) is 1. The van der Waals surface area contributed by atoms with Gasteiger partial charge < -0.3 is 14.6 Å². The zero-order chi connectivity index (χ0) is 21.9. The first-order valence-corrected chi connectivity index (χ1v) is 12.2. The van der Waals surface area contributed by atoms with E-state index in [1.165, 1.54) is 17.7 Å². The number of fused-ring (bicyclic) bond motifs is 1. The van der Waals surface area contributed by atoms with E-state index in [0.717, 1.165) is 61.1 Å². The Balaban J connectivity index is 1.38. The van der Waals surface area contributed by atoms with Crippen LogP contribution >= 0.6 is 11.3 Å². The summed E-state index contributed by atoms with van der Waals surface area (Å²) in [6.07, 6.45) is 11.7. The third-order valence-electron chi connectivity index (χ3n) is 6.32. The molecule has 0 radical (unpaired) electrons. The van der Waals surface area contributed by atoms with E-state index >= 15 is 0 Å². The third kappa shape index (κ3) is 4.48. The molecule has 3 aromatic heterocycles. The molecular formula is C25H28N4O2S. The molecule has 0 aromatic carbocycles. The Labute approximate surface area is 192 Å². The monoisotopic (exact) mass is 448 g/mol. The van der Waals surface area contributed by atoms with Gasteiger partial charge in [-0.2, -0.15) is 0 Å². The molecule has 2 aliphatic rings. The first-order chi connectivity index (χ1) is 15.7. The largest absolute Gasteiger partial charge is 0.440 e. The number of hydrogen-bond acceptors (Lipinski definition) is 6. The maximum atomic E-state index is 13.2. The van der Waals surface area contributed by atoms with Crippen LogP contribution in [0, 0.1) is 5.92 Å². The number of carbonyl (C=O) groups is 1. The van der Waals surface area contributed by atoms with Crippen molar-refractivity contribution in [3.63, 3.8) is 0 Å². The van der Waals surface area contributed by atoms with Gasteiger partial charge in [0.05, 0.1) is 23.7 Å². The third-order valence-corrected chi connectivity index (χ3v) is 7.52. The fourth-order valence-corrected chi connectivity index (χ4v) is 5.67. The fraction of sp³-hybridized carbons (Fsp3) is 0.400. The molecule has 0 unspecified atom stereocenters. The van der Waals surface area contributed by atoms with Crippen molar-refractivity contribution in [3.8, 4) is 0 Å². The first-order valence-electron chi connectivity index (χ1n) is 11.4. The van der Waals surface area contributed by atoms with Gasteiger partial charge in [0, 0.05) is 30.2 Å². The van der Waals surface area contributed by atoms with E-state index in [1.807, 2.05) is 24.3 Å². The summed E-state index contributed by atoms with van der Waals surface area (Å²) in [5.41, 5.74) is 2.54. The van der Waals surface area contributed by atoms with Crippen LogP contribution in [0.25, 0.3) is 0 Å². The number of aryl methyl sites for hydroxylation is 1. The fourth-order valence-electron chi connectivity index (χ4n) is 4.44. The Bertz CT molecular complexity index is 1110. The lowest BCUT2D eigenvalue weighted by molar-refractivity contribution is 0.102. The number of nitrogens with one attached hydrogen (secondary N) is 1. The number of carbonyl (C=O) groups excluding carboxylic acids is 1. The van der Waals surface area contributed by atoms with E-state index < -0.39 is 0 Å². The number of thiophene rings is 1. The van der Waals surface area contributed by atoms with Crippen LogP contribution < -0.4 is 10.2 Å². The molecule has 0 spiro atoms. The lowest BCUT2D eigenvalue weighted by atomic mass is 9.95. The molecule has 0 bridgehead atoms. The number of furan rings is 1. The molecule has 1 fully saturated rings. The predicted octanol–water partition coefficient (Wildman–Crippen LogP) is 5.85. The Kier molecular flexibility index (Phi) is 6.08. The maximum Gasteiger partial charge on any atom is 0.259 e. The number of nitrogens with zero attached hydrogens (tertiary/aromatic N) is 3. The molecule has 0 saturated carbocycles. The van der Waals surface area contributed by atoms with E-state index in [0.29, 0.717) is 17.0 Å².